The van der Waals surface area contributed by atoms with Crippen molar-refractivity contribution in [3.8, 4) is 0 Å². The summed E-state index contributed by atoms with van der Waals surface area (Å²) in [5.41, 5.74) is 3.74. The molecule has 0 aromatic heterocycles. The van der Waals surface area contributed by atoms with Gasteiger partial charge < -0.3 is 9.80 Å². The Balaban J connectivity index is 1.30. The zero-order valence-corrected chi connectivity index (χ0v) is 18.5. The summed E-state index contributed by atoms with van der Waals surface area (Å²) in [6, 6.07) is 13.3. The van der Waals surface area contributed by atoms with Crippen LogP contribution in [0.4, 0.5) is 5.69 Å². The summed E-state index contributed by atoms with van der Waals surface area (Å²) in [5, 5.41) is 0. The molecule has 2 aromatic rings. The van der Waals surface area contributed by atoms with Crippen LogP contribution in [0.5, 0.6) is 0 Å². The highest BCUT2D eigenvalue weighted by atomic mass is 16.2. The number of hydrogen-bond acceptors (Lipinski definition) is 4. The van der Waals surface area contributed by atoms with Gasteiger partial charge in [-0.1, -0.05) is 37.5 Å². The fraction of sp³-hybridized carbons (Fsp3) is 0.423. The van der Waals surface area contributed by atoms with Gasteiger partial charge in [0.1, 0.15) is 0 Å². The third kappa shape index (κ3) is 3.57. The molecule has 5 rings (SSSR count). The van der Waals surface area contributed by atoms with E-state index in [0.717, 1.165) is 45.2 Å². The molecule has 0 N–H and O–H groups in total. The van der Waals surface area contributed by atoms with Gasteiger partial charge in [-0.2, -0.15) is 0 Å². The first kappa shape index (κ1) is 20.7. The van der Waals surface area contributed by atoms with Crippen LogP contribution in [-0.4, -0.2) is 59.7 Å². The molecule has 6 nitrogen and oxygen atoms in total. The number of fused-ring (bicyclic) bond motifs is 1. The summed E-state index contributed by atoms with van der Waals surface area (Å²) in [6.07, 6.45) is 5.02. The van der Waals surface area contributed by atoms with Gasteiger partial charge in [-0.15, -0.1) is 0 Å². The van der Waals surface area contributed by atoms with Crippen LogP contribution in [-0.2, 0) is 0 Å². The van der Waals surface area contributed by atoms with Gasteiger partial charge in [0.05, 0.1) is 11.1 Å². The summed E-state index contributed by atoms with van der Waals surface area (Å²) in [7, 11) is 0. The van der Waals surface area contributed by atoms with Crippen molar-refractivity contribution in [2.75, 3.05) is 31.1 Å². The fourth-order valence-electron chi connectivity index (χ4n) is 5.31. The Morgan fingerprint density at radius 2 is 1.53 bits per heavy atom. The van der Waals surface area contributed by atoms with E-state index in [9.17, 15) is 14.4 Å². The van der Waals surface area contributed by atoms with Crippen LogP contribution in [0.2, 0.25) is 0 Å². The average Bonchev–Trinajstić information content (AvgIpc) is 3.09. The zero-order chi connectivity index (χ0) is 22.2. The Hall–Kier alpha value is -3.15. The fourth-order valence-corrected chi connectivity index (χ4v) is 5.31. The van der Waals surface area contributed by atoms with Gasteiger partial charge >= 0.3 is 0 Å². The van der Waals surface area contributed by atoms with Gasteiger partial charge in [-0.3, -0.25) is 19.3 Å². The number of amides is 3. The third-order valence-electron chi connectivity index (χ3n) is 7.13. The molecule has 1 saturated carbocycles. The van der Waals surface area contributed by atoms with Gasteiger partial charge in [0, 0.05) is 43.5 Å². The first-order chi connectivity index (χ1) is 15.5. The highest BCUT2D eigenvalue weighted by Gasteiger charge is 2.40. The second kappa shape index (κ2) is 8.41. The van der Waals surface area contributed by atoms with Gasteiger partial charge in [-0.05, 0) is 49.6 Å². The number of benzene rings is 2. The van der Waals surface area contributed by atoms with E-state index in [-0.39, 0.29) is 23.8 Å². The minimum absolute atomic E-state index is 0.00942. The molecule has 6 heteroatoms. The van der Waals surface area contributed by atoms with E-state index in [4.69, 9.17) is 0 Å². The van der Waals surface area contributed by atoms with E-state index in [1.165, 1.54) is 16.2 Å². The molecule has 32 heavy (non-hydrogen) atoms. The molecule has 3 amide bonds. The average molecular weight is 432 g/mol. The Morgan fingerprint density at radius 3 is 2.25 bits per heavy atom. The Kier molecular flexibility index (Phi) is 5.45. The standard InChI is InChI=1S/C26H29N3O3/c1-18-7-5-6-10-23(18)27-13-15-28(16-14-27)24(30)19-11-12-21-22(17-19)26(32)29(25(21)31)20-8-3-2-4-9-20/h5-7,10-12,17,20H,2-4,8-9,13-16H2,1H3. The lowest BCUT2D eigenvalue weighted by atomic mass is 9.94. The molecule has 0 bridgehead atoms. The summed E-state index contributed by atoms with van der Waals surface area (Å²) >= 11 is 0. The van der Waals surface area contributed by atoms with Crippen molar-refractivity contribution in [3.63, 3.8) is 0 Å². The van der Waals surface area contributed by atoms with E-state index < -0.39 is 0 Å². The van der Waals surface area contributed by atoms with Crippen LogP contribution in [0.1, 0.15) is 68.7 Å². The topological polar surface area (TPSA) is 60.9 Å². The maximum Gasteiger partial charge on any atom is 0.261 e. The van der Waals surface area contributed by atoms with Crippen molar-refractivity contribution >= 4 is 23.4 Å². The number of nitrogens with zero attached hydrogens (tertiary/aromatic N) is 3. The molecule has 166 valence electrons. The number of hydrogen-bond donors (Lipinski definition) is 0. The quantitative estimate of drug-likeness (QED) is 0.692. The van der Waals surface area contributed by atoms with Gasteiger partial charge in [0.2, 0.25) is 0 Å². The maximum atomic E-state index is 13.2. The zero-order valence-electron chi connectivity index (χ0n) is 18.5. The Morgan fingerprint density at radius 1 is 0.844 bits per heavy atom. The molecular weight excluding hydrogens is 402 g/mol. The van der Waals surface area contributed by atoms with Gasteiger partial charge in [-0.25, -0.2) is 0 Å². The summed E-state index contributed by atoms with van der Waals surface area (Å²) in [6.45, 7) is 4.91. The Labute approximate surface area is 188 Å². The molecule has 2 aromatic carbocycles. The summed E-state index contributed by atoms with van der Waals surface area (Å²) in [4.78, 5) is 44.7. The van der Waals surface area contributed by atoms with Crippen LogP contribution in [0.25, 0.3) is 0 Å². The van der Waals surface area contributed by atoms with Crippen molar-refractivity contribution in [2.24, 2.45) is 0 Å². The summed E-state index contributed by atoms with van der Waals surface area (Å²) in [5.74, 6) is -0.521. The van der Waals surface area contributed by atoms with E-state index in [1.807, 2.05) is 17.0 Å². The molecule has 0 atom stereocenters. The molecule has 3 aliphatic rings. The Bertz CT molecular complexity index is 1070. The smallest absolute Gasteiger partial charge is 0.261 e. The number of piperazine rings is 1. The van der Waals surface area contributed by atoms with Crippen LogP contribution >= 0.6 is 0 Å². The van der Waals surface area contributed by atoms with E-state index >= 15 is 0 Å². The summed E-state index contributed by atoms with van der Waals surface area (Å²) < 4.78 is 0. The van der Waals surface area contributed by atoms with Crippen molar-refractivity contribution in [1.29, 1.82) is 0 Å². The second-order valence-electron chi connectivity index (χ2n) is 9.10. The highest BCUT2D eigenvalue weighted by molar-refractivity contribution is 6.22. The van der Waals surface area contributed by atoms with Gasteiger partial charge in [0.15, 0.2) is 0 Å². The number of carbonyl (C=O) groups excluding carboxylic acids is 3. The van der Waals surface area contributed by atoms with Crippen molar-refractivity contribution in [3.05, 3.63) is 64.7 Å². The number of rotatable bonds is 3. The third-order valence-corrected chi connectivity index (χ3v) is 7.13. The second-order valence-corrected chi connectivity index (χ2v) is 9.10. The number of imide groups is 1. The largest absolute Gasteiger partial charge is 0.368 e. The van der Waals surface area contributed by atoms with Gasteiger partial charge in [0.25, 0.3) is 17.7 Å². The van der Waals surface area contributed by atoms with Crippen molar-refractivity contribution in [2.45, 2.75) is 45.1 Å². The van der Waals surface area contributed by atoms with Crippen LogP contribution in [0.15, 0.2) is 42.5 Å². The lowest BCUT2D eigenvalue weighted by Gasteiger charge is -2.36. The van der Waals surface area contributed by atoms with Crippen LogP contribution in [0.3, 0.4) is 0 Å². The molecule has 2 aliphatic heterocycles. The SMILES string of the molecule is Cc1ccccc1N1CCN(C(=O)c2ccc3c(c2)C(=O)N(C2CCCCC2)C3=O)CC1. The van der Waals surface area contributed by atoms with Crippen molar-refractivity contribution < 1.29 is 14.4 Å². The predicted octanol–water partition coefficient (Wildman–Crippen LogP) is 3.89. The number of aryl methyl sites for hydroxylation is 1. The molecule has 2 fully saturated rings. The van der Waals surface area contributed by atoms with Crippen molar-refractivity contribution in [1.82, 2.24) is 9.80 Å². The molecule has 0 unspecified atom stereocenters. The number of carbonyl (C=O) groups is 3. The normalized spacial score (nSPS) is 19.5. The molecule has 1 saturated heterocycles. The lowest BCUT2D eigenvalue weighted by Crippen LogP contribution is -2.49. The maximum absolute atomic E-state index is 13.2. The van der Waals surface area contributed by atoms with Crippen LogP contribution in [0, 0.1) is 6.92 Å². The van der Waals surface area contributed by atoms with E-state index in [0.29, 0.717) is 29.8 Å². The monoisotopic (exact) mass is 431 g/mol. The number of para-hydroxylation sites is 1. The highest BCUT2D eigenvalue weighted by Crippen LogP contribution is 2.32. The first-order valence-corrected chi connectivity index (χ1v) is 11.7. The van der Waals surface area contributed by atoms with E-state index in [1.54, 1.807) is 18.2 Å². The lowest BCUT2D eigenvalue weighted by molar-refractivity contribution is 0.0548. The molecule has 1 aliphatic carbocycles. The number of anilines is 1. The molecular formula is C26H29N3O3. The molecule has 2 heterocycles. The minimum atomic E-state index is -0.240. The molecule has 0 radical (unpaired) electrons. The first-order valence-electron chi connectivity index (χ1n) is 11.7. The molecule has 0 spiro atoms. The predicted molar refractivity (Wildman–Crippen MR) is 123 cm³/mol. The van der Waals surface area contributed by atoms with E-state index in [2.05, 4.69) is 24.0 Å². The van der Waals surface area contributed by atoms with Crippen LogP contribution < -0.4 is 4.90 Å². The minimum Gasteiger partial charge on any atom is -0.368 e.